The number of rotatable bonds is 5. The third-order valence-electron chi connectivity index (χ3n) is 2.90. The third kappa shape index (κ3) is 4.15. The lowest BCUT2D eigenvalue weighted by molar-refractivity contribution is -0.146. The van der Waals surface area contributed by atoms with Crippen LogP contribution in [-0.4, -0.2) is 37.7 Å². The Morgan fingerprint density at radius 2 is 1.85 bits per heavy atom. The highest BCUT2D eigenvalue weighted by atomic mass is 16.4. The van der Waals surface area contributed by atoms with Crippen LogP contribution in [0.15, 0.2) is 24.3 Å². The van der Waals surface area contributed by atoms with Gasteiger partial charge in [-0.05, 0) is 26.0 Å². The first-order valence-corrected chi connectivity index (χ1v) is 6.28. The Labute approximate surface area is 118 Å². The lowest BCUT2D eigenvalue weighted by Crippen LogP contribution is -2.40. The van der Waals surface area contributed by atoms with Crippen LogP contribution in [0.25, 0.3) is 0 Å². The van der Waals surface area contributed by atoms with E-state index in [2.05, 4.69) is 10.6 Å². The summed E-state index contributed by atoms with van der Waals surface area (Å²) >= 11 is 0. The Morgan fingerprint density at radius 3 is 2.40 bits per heavy atom. The van der Waals surface area contributed by atoms with Crippen LogP contribution in [0.2, 0.25) is 0 Å². The molecule has 0 atom stereocenters. The van der Waals surface area contributed by atoms with Gasteiger partial charge >= 0.3 is 12.0 Å². The first-order valence-electron chi connectivity index (χ1n) is 6.28. The Hall–Kier alpha value is -2.24. The topological polar surface area (TPSA) is 81.7 Å². The van der Waals surface area contributed by atoms with Crippen LogP contribution in [0, 0.1) is 5.41 Å². The van der Waals surface area contributed by atoms with Gasteiger partial charge in [0.25, 0.3) is 0 Å². The molecule has 6 nitrogen and oxygen atoms in total. The van der Waals surface area contributed by atoms with E-state index in [4.69, 9.17) is 5.11 Å². The van der Waals surface area contributed by atoms with Gasteiger partial charge in [-0.1, -0.05) is 12.1 Å². The predicted molar refractivity (Wildman–Crippen MR) is 79.2 cm³/mol. The summed E-state index contributed by atoms with van der Waals surface area (Å²) in [5, 5.41) is 14.3. The fourth-order valence-electron chi connectivity index (χ4n) is 1.51. The van der Waals surface area contributed by atoms with Gasteiger partial charge in [-0.2, -0.15) is 0 Å². The van der Waals surface area contributed by atoms with Crippen molar-refractivity contribution in [3.05, 3.63) is 24.3 Å². The first kappa shape index (κ1) is 15.8. The lowest BCUT2D eigenvalue weighted by Gasteiger charge is -2.21. The van der Waals surface area contributed by atoms with Gasteiger partial charge in [0.05, 0.1) is 16.8 Å². The second kappa shape index (κ2) is 6.27. The van der Waals surface area contributed by atoms with Crippen LogP contribution in [0.4, 0.5) is 16.2 Å². The molecule has 0 aromatic heterocycles. The van der Waals surface area contributed by atoms with Crippen molar-refractivity contribution in [2.24, 2.45) is 5.41 Å². The monoisotopic (exact) mass is 279 g/mol. The van der Waals surface area contributed by atoms with E-state index in [0.717, 1.165) is 5.69 Å². The summed E-state index contributed by atoms with van der Waals surface area (Å²) in [6.07, 6.45) is 0. The van der Waals surface area contributed by atoms with E-state index < -0.39 is 17.4 Å². The summed E-state index contributed by atoms with van der Waals surface area (Å²) in [6, 6.07) is 6.96. The molecule has 0 saturated carbocycles. The quantitative estimate of drug-likeness (QED) is 0.770. The number of carboxylic acid groups (broad SMARTS) is 1. The van der Waals surface area contributed by atoms with Crippen LogP contribution in [0.1, 0.15) is 13.8 Å². The smallest absolute Gasteiger partial charge is 0.319 e. The first-order chi connectivity index (χ1) is 9.24. The number of nitrogens with one attached hydrogen (secondary N) is 2. The van der Waals surface area contributed by atoms with E-state index in [1.54, 1.807) is 19.9 Å². The zero-order valence-corrected chi connectivity index (χ0v) is 12.2. The number of hydrogen-bond donors (Lipinski definition) is 3. The lowest BCUT2D eigenvalue weighted by atomic mass is 9.94. The number of para-hydroxylation sites is 2. The molecule has 3 N–H and O–H groups in total. The highest BCUT2D eigenvalue weighted by Gasteiger charge is 2.27. The van der Waals surface area contributed by atoms with Crippen molar-refractivity contribution in [1.82, 2.24) is 5.32 Å². The number of carbonyl (C=O) groups is 2. The molecule has 1 aromatic carbocycles. The third-order valence-corrected chi connectivity index (χ3v) is 2.90. The molecule has 0 unspecified atom stereocenters. The molecular formula is C14H21N3O3. The number of urea groups is 1. The zero-order valence-electron chi connectivity index (χ0n) is 12.2. The fourth-order valence-corrected chi connectivity index (χ4v) is 1.51. The number of carboxylic acids is 1. The van der Waals surface area contributed by atoms with Gasteiger partial charge in [-0.15, -0.1) is 0 Å². The van der Waals surface area contributed by atoms with Crippen molar-refractivity contribution in [3.63, 3.8) is 0 Å². The molecule has 2 amide bonds. The molecule has 0 aliphatic rings. The van der Waals surface area contributed by atoms with Crippen molar-refractivity contribution in [1.29, 1.82) is 0 Å². The average Bonchev–Trinajstić information content (AvgIpc) is 2.36. The largest absolute Gasteiger partial charge is 0.481 e. The minimum absolute atomic E-state index is 0.0539. The summed E-state index contributed by atoms with van der Waals surface area (Å²) < 4.78 is 0. The van der Waals surface area contributed by atoms with Crippen molar-refractivity contribution >= 4 is 23.4 Å². The Morgan fingerprint density at radius 1 is 1.25 bits per heavy atom. The average molecular weight is 279 g/mol. The minimum atomic E-state index is -1.00. The molecule has 0 aliphatic heterocycles. The van der Waals surface area contributed by atoms with Gasteiger partial charge in [0.2, 0.25) is 0 Å². The Balaban J connectivity index is 2.66. The molecule has 0 fully saturated rings. The molecule has 110 valence electrons. The number of hydrogen-bond acceptors (Lipinski definition) is 3. The van der Waals surface area contributed by atoms with Crippen molar-refractivity contribution in [2.75, 3.05) is 30.9 Å². The second-order valence-corrected chi connectivity index (χ2v) is 5.41. The molecule has 0 spiro atoms. The maximum atomic E-state index is 11.8. The van der Waals surface area contributed by atoms with E-state index in [-0.39, 0.29) is 6.54 Å². The second-order valence-electron chi connectivity index (χ2n) is 5.41. The van der Waals surface area contributed by atoms with E-state index in [1.165, 1.54) is 0 Å². The minimum Gasteiger partial charge on any atom is -0.481 e. The normalized spacial score (nSPS) is 10.8. The number of aliphatic carboxylic acids is 1. The van der Waals surface area contributed by atoms with Gasteiger partial charge in [-0.3, -0.25) is 4.79 Å². The van der Waals surface area contributed by atoms with Gasteiger partial charge in [0.15, 0.2) is 0 Å². The Bertz CT molecular complexity index is 498. The van der Waals surface area contributed by atoms with Crippen molar-refractivity contribution in [3.8, 4) is 0 Å². The van der Waals surface area contributed by atoms with E-state index >= 15 is 0 Å². The van der Waals surface area contributed by atoms with Gasteiger partial charge in [-0.25, -0.2) is 4.79 Å². The number of amides is 2. The molecule has 20 heavy (non-hydrogen) atoms. The SMILES string of the molecule is CN(C)c1ccccc1NC(=O)NCC(C)(C)C(=O)O. The highest BCUT2D eigenvalue weighted by Crippen LogP contribution is 2.23. The van der Waals surface area contributed by atoms with Crippen molar-refractivity contribution in [2.45, 2.75) is 13.8 Å². The molecule has 1 rings (SSSR count). The fraction of sp³-hybridized carbons (Fsp3) is 0.429. The summed E-state index contributed by atoms with van der Waals surface area (Å²) in [7, 11) is 3.76. The van der Waals surface area contributed by atoms with Gasteiger partial charge in [0, 0.05) is 20.6 Å². The van der Waals surface area contributed by atoms with E-state index in [1.807, 2.05) is 37.2 Å². The van der Waals surface area contributed by atoms with Crippen LogP contribution < -0.4 is 15.5 Å². The van der Waals surface area contributed by atoms with Crippen LogP contribution in [0.3, 0.4) is 0 Å². The summed E-state index contributed by atoms with van der Waals surface area (Å²) in [4.78, 5) is 24.7. The zero-order chi connectivity index (χ0) is 15.3. The molecule has 0 aliphatic carbocycles. The number of nitrogens with zero attached hydrogens (tertiary/aromatic N) is 1. The van der Waals surface area contributed by atoms with Gasteiger partial charge < -0.3 is 20.6 Å². The molecular weight excluding hydrogens is 258 g/mol. The molecule has 6 heteroatoms. The molecule has 0 radical (unpaired) electrons. The predicted octanol–water partition coefficient (Wildman–Crippen LogP) is 1.98. The standard InChI is InChI=1S/C14H21N3O3/c1-14(2,12(18)19)9-15-13(20)16-10-7-5-6-8-11(10)17(3)4/h5-8H,9H2,1-4H3,(H,18,19)(H2,15,16,20). The summed E-state index contributed by atoms with van der Waals surface area (Å²) in [5.74, 6) is -0.952. The van der Waals surface area contributed by atoms with E-state index in [9.17, 15) is 9.59 Å². The number of carbonyl (C=O) groups excluding carboxylic acids is 1. The Kier molecular flexibility index (Phi) is 4.96. The molecule has 0 saturated heterocycles. The summed E-state index contributed by atoms with van der Waals surface area (Å²) in [5.41, 5.74) is 0.543. The maximum Gasteiger partial charge on any atom is 0.319 e. The molecule has 0 heterocycles. The summed E-state index contributed by atoms with van der Waals surface area (Å²) in [6.45, 7) is 3.17. The van der Waals surface area contributed by atoms with Gasteiger partial charge in [0.1, 0.15) is 0 Å². The maximum absolute atomic E-state index is 11.8. The molecule has 0 bridgehead atoms. The van der Waals surface area contributed by atoms with E-state index in [0.29, 0.717) is 5.69 Å². The van der Waals surface area contributed by atoms with Crippen molar-refractivity contribution < 1.29 is 14.7 Å². The molecule has 1 aromatic rings. The highest BCUT2D eigenvalue weighted by molar-refractivity contribution is 5.93. The van der Waals surface area contributed by atoms with Crippen LogP contribution >= 0.6 is 0 Å². The van der Waals surface area contributed by atoms with Crippen LogP contribution in [0.5, 0.6) is 0 Å². The van der Waals surface area contributed by atoms with Crippen LogP contribution in [-0.2, 0) is 4.79 Å². The number of anilines is 2. The number of benzene rings is 1.